The van der Waals surface area contributed by atoms with Crippen LogP contribution in [0.1, 0.15) is 40.2 Å². The molecule has 2 aromatic rings. The van der Waals surface area contributed by atoms with Crippen LogP contribution in [-0.4, -0.2) is 16.1 Å². The summed E-state index contributed by atoms with van der Waals surface area (Å²) < 4.78 is 0. The van der Waals surface area contributed by atoms with E-state index in [9.17, 15) is 4.79 Å². The molecule has 1 amide bonds. The maximum absolute atomic E-state index is 12.3. The molecule has 1 aromatic heterocycles. The minimum atomic E-state index is -0.120. The van der Waals surface area contributed by atoms with E-state index in [0.717, 1.165) is 41.8 Å². The van der Waals surface area contributed by atoms with Crippen molar-refractivity contribution in [2.24, 2.45) is 0 Å². The Morgan fingerprint density at radius 2 is 2.16 bits per heavy atom. The standard InChI is InChI=1S/C15H17N3O/c1-10-5-4-6-11(9-10)16-15(19)14-12-7-2-3-8-13(12)17-18-14/h4-6,9H,2-3,7-8H2,1H3,(H,16,19)(H,17,18). The van der Waals surface area contributed by atoms with Gasteiger partial charge in [-0.3, -0.25) is 9.89 Å². The minimum absolute atomic E-state index is 0.120. The predicted molar refractivity (Wildman–Crippen MR) is 74.4 cm³/mol. The summed E-state index contributed by atoms with van der Waals surface area (Å²) in [7, 11) is 0. The number of benzene rings is 1. The van der Waals surface area contributed by atoms with Crippen LogP contribution in [0.15, 0.2) is 24.3 Å². The van der Waals surface area contributed by atoms with Gasteiger partial charge in [0.15, 0.2) is 5.69 Å². The third-order valence-corrected chi connectivity index (χ3v) is 3.55. The fourth-order valence-corrected chi connectivity index (χ4v) is 2.58. The zero-order chi connectivity index (χ0) is 13.2. The SMILES string of the molecule is Cc1cccc(NC(=O)c2n[nH]c3c2CCCC3)c1. The van der Waals surface area contributed by atoms with Crippen LogP contribution in [-0.2, 0) is 12.8 Å². The molecule has 0 saturated heterocycles. The molecule has 0 spiro atoms. The molecule has 0 atom stereocenters. The Hall–Kier alpha value is -2.10. The molecule has 1 aliphatic carbocycles. The molecule has 0 bridgehead atoms. The molecule has 19 heavy (non-hydrogen) atoms. The lowest BCUT2D eigenvalue weighted by Gasteiger charge is -2.11. The van der Waals surface area contributed by atoms with Crippen LogP contribution in [0.4, 0.5) is 5.69 Å². The predicted octanol–water partition coefficient (Wildman–Crippen LogP) is 2.85. The lowest BCUT2D eigenvalue weighted by atomic mass is 9.96. The van der Waals surface area contributed by atoms with Crippen LogP contribution in [0.5, 0.6) is 0 Å². The zero-order valence-corrected chi connectivity index (χ0v) is 11.0. The van der Waals surface area contributed by atoms with Gasteiger partial charge in [-0.25, -0.2) is 0 Å². The number of aromatic amines is 1. The summed E-state index contributed by atoms with van der Waals surface area (Å²) in [5.74, 6) is -0.120. The highest BCUT2D eigenvalue weighted by Gasteiger charge is 2.21. The van der Waals surface area contributed by atoms with Gasteiger partial charge in [-0.2, -0.15) is 5.10 Å². The average molecular weight is 255 g/mol. The van der Waals surface area contributed by atoms with Gasteiger partial charge >= 0.3 is 0 Å². The summed E-state index contributed by atoms with van der Waals surface area (Å²) in [6.07, 6.45) is 4.26. The minimum Gasteiger partial charge on any atom is -0.321 e. The Kier molecular flexibility index (Phi) is 3.07. The van der Waals surface area contributed by atoms with E-state index in [1.54, 1.807) is 0 Å². The van der Waals surface area contributed by atoms with Gasteiger partial charge in [-0.1, -0.05) is 12.1 Å². The first kappa shape index (κ1) is 12.0. The summed E-state index contributed by atoms with van der Waals surface area (Å²) >= 11 is 0. The molecule has 2 N–H and O–H groups in total. The van der Waals surface area contributed by atoms with Crippen LogP contribution < -0.4 is 5.32 Å². The van der Waals surface area contributed by atoms with E-state index in [1.807, 2.05) is 31.2 Å². The number of carbonyl (C=O) groups is 1. The van der Waals surface area contributed by atoms with Crippen LogP contribution in [0.25, 0.3) is 0 Å². The van der Waals surface area contributed by atoms with Crippen molar-refractivity contribution in [2.75, 3.05) is 5.32 Å². The fraction of sp³-hybridized carbons (Fsp3) is 0.333. The molecular formula is C15H17N3O. The second-order valence-electron chi connectivity index (χ2n) is 5.06. The van der Waals surface area contributed by atoms with Gasteiger partial charge in [0.1, 0.15) is 0 Å². The highest BCUT2D eigenvalue weighted by molar-refractivity contribution is 6.04. The van der Waals surface area contributed by atoms with Gasteiger partial charge < -0.3 is 5.32 Å². The Bertz CT molecular complexity index is 616. The van der Waals surface area contributed by atoms with Crippen LogP contribution in [0.2, 0.25) is 0 Å². The largest absolute Gasteiger partial charge is 0.321 e. The molecule has 1 aromatic carbocycles. The van der Waals surface area contributed by atoms with Crippen molar-refractivity contribution >= 4 is 11.6 Å². The van der Waals surface area contributed by atoms with Gasteiger partial charge in [0, 0.05) is 16.9 Å². The first-order valence-corrected chi connectivity index (χ1v) is 6.68. The van der Waals surface area contributed by atoms with Crippen molar-refractivity contribution in [1.82, 2.24) is 10.2 Å². The normalized spacial score (nSPS) is 13.9. The van der Waals surface area contributed by atoms with Crippen LogP contribution in [0.3, 0.4) is 0 Å². The summed E-state index contributed by atoms with van der Waals surface area (Å²) in [6, 6.07) is 7.79. The van der Waals surface area contributed by atoms with Crippen molar-refractivity contribution in [3.63, 3.8) is 0 Å². The number of amides is 1. The Morgan fingerprint density at radius 1 is 1.32 bits per heavy atom. The highest BCUT2D eigenvalue weighted by Crippen LogP contribution is 2.23. The number of fused-ring (bicyclic) bond motifs is 1. The maximum Gasteiger partial charge on any atom is 0.276 e. The topological polar surface area (TPSA) is 57.8 Å². The maximum atomic E-state index is 12.3. The smallest absolute Gasteiger partial charge is 0.276 e. The number of nitrogens with zero attached hydrogens (tertiary/aromatic N) is 1. The van der Waals surface area contributed by atoms with Crippen molar-refractivity contribution < 1.29 is 4.79 Å². The Balaban J connectivity index is 1.83. The molecule has 0 aliphatic heterocycles. The molecule has 0 unspecified atom stereocenters. The van der Waals surface area contributed by atoms with E-state index in [2.05, 4.69) is 15.5 Å². The first-order valence-electron chi connectivity index (χ1n) is 6.68. The molecule has 4 heteroatoms. The molecule has 98 valence electrons. The van der Waals surface area contributed by atoms with E-state index >= 15 is 0 Å². The van der Waals surface area contributed by atoms with Crippen LogP contribution >= 0.6 is 0 Å². The number of anilines is 1. The Morgan fingerprint density at radius 3 is 3.00 bits per heavy atom. The summed E-state index contributed by atoms with van der Waals surface area (Å²) in [6.45, 7) is 2.01. The van der Waals surface area contributed by atoms with Crippen molar-refractivity contribution in [3.05, 3.63) is 46.8 Å². The van der Waals surface area contributed by atoms with Gasteiger partial charge in [0.05, 0.1) is 0 Å². The summed E-state index contributed by atoms with van der Waals surface area (Å²) in [5.41, 5.74) is 4.72. The fourth-order valence-electron chi connectivity index (χ4n) is 2.58. The lowest BCUT2D eigenvalue weighted by Crippen LogP contribution is -2.15. The quantitative estimate of drug-likeness (QED) is 0.867. The number of H-pyrrole nitrogens is 1. The third-order valence-electron chi connectivity index (χ3n) is 3.55. The monoisotopic (exact) mass is 255 g/mol. The van der Waals surface area contributed by atoms with Gasteiger partial charge in [-0.15, -0.1) is 0 Å². The molecule has 0 saturated carbocycles. The number of rotatable bonds is 2. The van der Waals surface area contributed by atoms with Crippen molar-refractivity contribution in [1.29, 1.82) is 0 Å². The number of carbonyl (C=O) groups excluding carboxylic acids is 1. The molecule has 3 rings (SSSR count). The number of hydrogen-bond acceptors (Lipinski definition) is 2. The Labute approximate surface area is 112 Å². The van der Waals surface area contributed by atoms with Gasteiger partial charge in [0.2, 0.25) is 0 Å². The van der Waals surface area contributed by atoms with Crippen molar-refractivity contribution in [2.45, 2.75) is 32.6 Å². The number of hydrogen-bond donors (Lipinski definition) is 2. The molecule has 0 fully saturated rings. The highest BCUT2D eigenvalue weighted by atomic mass is 16.1. The van der Waals surface area contributed by atoms with E-state index in [1.165, 1.54) is 6.42 Å². The van der Waals surface area contributed by atoms with Gasteiger partial charge in [0.25, 0.3) is 5.91 Å². The van der Waals surface area contributed by atoms with Crippen molar-refractivity contribution in [3.8, 4) is 0 Å². The first-order chi connectivity index (χ1) is 9.24. The lowest BCUT2D eigenvalue weighted by molar-refractivity contribution is 0.102. The van der Waals surface area contributed by atoms with E-state index < -0.39 is 0 Å². The molecular weight excluding hydrogens is 238 g/mol. The zero-order valence-electron chi connectivity index (χ0n) is 11.0. The second-order valence-corrected chi connectivity index (χ2v) is 5.06. The molecule has 1 heterocycles. The third kappa shape index (κ3) is 2.38. The number of aromatic nitrogens is 2. The van der Waals surface area contributed by atoms with E-state index in [-0.39, 0.29) is 5.91 Å². The van der Waals surface area contributed by atoms with E-state index in [4.69, 9.17) is 0 Å². The summed E-state index contributed by atoms with van der Waals surface area (Å²) in [5, 5.41) is 10.1. The molecule has 4 nitrogen and oxygen atoms in total. The average Bonchev–Trinajstić information content (AvgIpc) is 2.82. The summed E-state index contributed by atoms with van der Waals surface area (Å²) in [4.78, 5) is 12.3. The number of nitrogens with one attached hydrogen (secondary N) is 2. The van der Waals surface area contributed by atoms with E-state index in [0.29, 0.717) is 5.69 Å². The molecule has 1 aliphatic rings. The molecule has 0 radical (unpaired) electrons. The van der Waals surface area contributed by atoms with Crippen LogP contribution in [0, 0.1) is 6.92 Å². The number of aryl methyl sites for hydroxylation is 2. The second kappa shape index (κ2) is 4.88. The van der Waals surface area contributed by atoms with Gasteiger partial charge in [-0.05, 0) is 50.3 Å².